The number of nitrogens with zero attached hydrogens (tertiary/aromatic N) is 2. The molecule has 1 aliphatic rings. The second kappa shape index (κ2) is 3.59. The molecule has 0 aliphatic heterocycles. The van der Waals surface area contributed by atoms with Gasteiger partial charge in [-0.25, -0.2) is 0 Å². The van der Waals surface area contributed by atoms with Gasteiger partial charge in [0.15, 0.2) is 0 Å². The molecule has 0 amide bonds. The highest BCUT2D eigenvalue weighted by atomic mass is 32.1. The molecule has 2 N–H and O–H groups in total. The number of hydrogen-bond donors (Lipinski definition) is 1. The largest absolute Gasteiger partial charge is 0.421 e. The SMILES string of the molecule is Cc1nnc(-c2c(N)sc3c2CCCC3)o1. The first kappa shape index (κ1) is 9.84. The summed E-state index contributed by atoms with van der Waals surface area (Å²) in [6.07, 6.45) is 4.70. The summed E-state index contributed by atoms with van der Waals surface area (Å²) in [5.74, 6) is 1.17. The summed E-state index contributed by atoms with van der Waals surface area (Å²) in [5, 5.41) is 8.75. The number of nitrogens with two attached hydrogens (primary N) is 1. The standard InChI is InChI=1S/C11H13N3OS/c1-6-13-14-11(15-6)9-7-4-2-3-5-8(7)16-10(9)12/h2-5,12H2,1H3. The van der Waals surface area contributed by atoms with Crippen LogP contribution in [-0.4, -0.2) is 10.2 Å². The number of nitrogen functional groups attached to an aromatic ring is 1. The van der Waals surface area contributed by atoms with E-state index in [0.29, 0.717) is 11.8 Å². The highest BCUT2D eigenvalue weighted by Crippen LogP contribution is 2.41. The number of anilines is 1. The molecule has 4 nitrogen and oxygen atoms in total. The molecule has 2 aromatic rings. The van der Waals surface area contributed by atoms with Crippen molar-refractivity contribution in [2.75, 3.05) is 5.73 Å². The zero-order valence-electron chi connectivity index (χ0n) is 9.12. The minimum atomic E-state index is 0.578. The Morgan fingerprint density at radius 2 is 2.06 bits per heavy atom. The molecule has 0 bridgehead atoms. The van der Waals surface area contributed by atoms with Gasteiger partial charge in [0.2, 0.25) is 5.89 Å². The van der Waals surface area contributed by atoms with Crippen molar-refractivity contribution in [3.05, 3.63) is 16.3 Å². The van der Waals surface area contributed by atoms with Crippen LogP contribution in [0, 0.1) is 6.92 Å². The summed E-state index contributed by atoms with van der Waals surface area (Å²) in [6.45, 7) is 1.80. The van der Waals surface area contributed by atoms with E-state index in [9.17, 15) is 0 Å². The van der Waals surface area contributed by atoms with Crippen LogP contribution in [0.2, 0.25) is 0 Å². The first-order chi connectivity index (χ1) is 7.75. The maximum Gasteiger partial charge on any atom is 0.250 e. The van der Waals surface area contributed by atoms with Gasteiger partial charge in [0.25, 0.3) is 5.89 Å². The maximum absolute atomic E-state index is 6.05. The highest BCUT2D eigenvalue weighted by molar-refractivity contribution is 7.16. The molecule has 0 atom stereocenters. The second-order valence-corrected chi connectivity index (χ2v) is 5.21. The van der Waals surface area contributed by atoms with Gasteiger partial charge in [-0.05, 0) is 31.2 Å². The Labute approximate surface area is 97.5 Å². The zero-order chi connectivity index (χ0) is 11.1. The lowest BCUT2D eigenvalue weighted by Gasteiger charge is -2.10. The van der Waals surface area contributed by atoms with Crippen molar-refractivity contribution in [3.63, 3.8) is 0 Å². The molecule has 0 saturated heterocycles. The molecular formula is C11H13N3OS. The van der Waals surface area contributed by atoms with E-state index in [0.717, 1.165) is 23.4 Å². The fraction of sp³-hybridized carbons (Fsp3) is 0.455. The number of rotatable bonds is 1. The Kier molecular flexibility index (Phi) is 2.21. The lowest BCUT2D eigenvalue weighted by atomic mass is 9.95. The van der Waals surface area contributed by atoms with E-state index in [1.807, 2.05) is 0 Å². The quantitative estimate of drug-likeness (QED) is 0.825. The summed E-state index contributed by atoms with van der Waals surface area (Å²) in [7, 11) is 0. The lowest BCUT2D eigenvalue weighted by Crippen LogP contribution is -1.99. The van der Waals surface area contributed by atoms with E-state index < -0.39 is 0 Å². The molecule has 0 fully saturated rings. The van der Waals surface area contributed by atoms with Crippen molar-refractivity contribution < 1.29 is 4.42 Å². The van der Waals surface area contributed by atoms with Crippen LogP contribution in [0.1, 0.15) is 29.2 Å². The third-order valence-corrected chi connectivity index (χ3v) is 4.06. The first-order valence-corrected chi connectivity index (χ1v) is 6.28. The number of thiophene rings is 1. The average Bonchev–Trinajstić information content (AvgIpc) is 2.80. The van der Waals surface area contributed by atoms with Gasteiger partial charge < -0.3 is 10.2 Å². The molecule has 2 aromatic heterocycles. The van der Waals surface area contributed by atoms with E-state index in [1.165, 1.54) is 23.3 Å². The van der Waals surface area contributed by atoms with Crippen LogP contribution >= 0.6 is 11.3 Å². The first-order valence-electron chi connectivity index (χ1n) is 5.46. The van der Waals surface area contributed by atoms with Crippen molar-refractivity contribution in [1.29, 1.82) is 0 Å². The number of aryl methyl sites for hydroxylation is 2. The Morgan fingerprint density at radius 3 is 2.81 bits per heavy atom. The monoisotopic (exact) mass is 235 g/mol. The van der Waals surface area contributed by atoms with Gasteiger partial charge in [-0.2, -0.15) is 0 Å². The van der Waals surface area contributed by atoms with Crippen LogP contribution in [0.25, 0.3) is 11.5 Å². The van der Waals surface area contributed by atoms with Crippen molar-refractivity contribution in [3.8, 4) is 11.5 Å². The molecule has 0 unspecified atom stereocenters. The van der Waals surface area contributed by atoms with Crippen molar-refractivity contribution >= 4 is 16.3 Å². The van der Waals surface area contributed by atoms with E-state index in [4.69, 9.17) is 10.2 Å². The van der Waals surface area contributed by atoms with Crippen LogP contribution in [0.15, 0.2) is 4.42 Å². The number of hydrogen-bond acceptors (Lipinski definition) is 5. The summed E-state index contributed by atoms with van der Waals surface area (Å²) in [5.41, 5.74) is 8.37. The molecule has 84 valence electrons. The molecule has 0 saturated carbocycles. The van der Waals surface area contributed by atoms with Gasteiger partial charge in [-0.15, -0.1) is 21.5 Å². The smallest absolute Gasteiger partial charge is 0.250 e. The number of fused-ring (bicyclic) bond motifs is 1. The van der Waals surface area contributed by atoms with Crippen molar-refractivity contribution in [1.82, 2.24) is 10.2 Å². The summed E-state index contributed by atoms with van der Waals surface area (Å²) >= 11 is 1.67. The Bertz CT molecular complexity index is 529. The Morgan fingerprint density at radius 1 is 1.25 bits per heavy atom. The van der Waals surface area contributed by atoms with Gasteiger partial charge in [-0.3, -0.25) is 0 Å². The molecule has 5 heteroatoms. The van der Waals surface area contributed by atoms with Gasteiger partial charge in [0.05, 0.1) is 10.6 Å². The minimum absolute atomic E-state index is 0.578. The van der Waals surface area contributed by atoms with Gasteiger partial charge >= 0.3 is 0 Å². The van der Waals surface area contributed by atoms with Gasteiger partial charge in [0.1, 0.15) is 0 Å². The van der Waals surface area contributed by atoms with Crippen LogP contribution in [0.3, 0.4) is 0 Å². The lowest BCUT2D eigenvalue weighted by molar-refractivity contribution is 0.532. The third kappa shape index (κ3) is 1.43. The molecule has 16 heavy (non-hydrogen) atoms. The van der Waals surface area contributed by atoms with Crippen molar-refractivity contribution in [2.24, 2.45) is 0 Å². The van der Waals surface area contributed by atoms with Crippen LogP contribution < -0.4 is 5.73 Å². The molecular weight excluding hydrogens is 222 g/mol. The zero-order valence-corrected chi connectivity index (χ0v) is 9.93. The summed E-state index contributed by atoms with van der Waals surface area (Å²) in [4.78, 5) is 1.40. The number of aromatic nitrogens is 2. The van der Waals surface area contributed by atoms with Crippen LogP contribution in [0.4, 0.5) is 5.00 Å². The van der Waals surface area contributed by atoms with E-state index in [-0.39, 0.29) is 0 Å². The topological polar surface area (TPSA) is 64.9 Å². The van der Waals surface area contributed by atoms with E-state index in [2.05, 4.69) is 10.2 Å². The minimum Gasteiger partial charge on any atom is -0.421 e. The van der Waals surface area contributed by atoms with Gasteiger partial charge in [-0.1, -0.05) is 0 Å². The van der Waals surface area contributed by atoms with E-state index >= 15 is 0 Å². The molecule has 3 rings (SSSR count). The fourth-order valence-corrected chi connectivity index (χ4v) is 3.37. The fourth-order valence-electron chi connectivity index (χ4n) is 2.22. The van der Waals surface area contributed by atoms with E-state index in [1.54, 1.807) is 18.3 Å². The second-order valence-electron chi connectivity index (χ2n) is 4.08. The Balaban J connectivity index is 2.16. The highest BCUT2D eigenvalue weighted by Gasteiger charge is 2.23. The van der Waals surface area contributed by atoms with Crippen LogP contribution in [-0.2, 0) is 12.8 Å². The van der Waals surface area contributed by atoms with Gasteiger partial charge in [0, 0.05) is 11.8 Å². The predicted molar refractivity (Wildman–Crippen MR) is 63.4 cm³/mol. The molecule has 0 radical (unpaired) electrons. The Hall–Kier alpha value is -1.36. The molecule has 0 aromatic carbocycles. The molecule has 1 aliphatic carbocycles. The van der Waals surface area contributed by atoms with Crippen LogP contribution in [0.5, 0.6) is 0 Å². The summed E-state index contributed by atoms with van der Waals surface area (Å²) in [6, 6.07) is 0. The van der Waals surface area contributed by atoms with Crippen molar-refractivity contribution in [2.45, 2.75) is 32.6 Å². The average molecular weight is 235 g/mol. The molecule has 2 heterocycles. The maximum atomic E-state index is 6.05. The normalized spacial score (nSPS) is 15.1. The predicted octanol–water partition coefficient (Wildman–Crippen LogP) is 2.57. The third-order valence-electron chi connectivity index (χ3n) is 2.94. The summed E-state index contributed by atoms with van der Waals surface area (Å²) < 4.78 is 5.48. The molecule has 0 spiro atoms.